The van der Waals surface area contributed by atoms with Crippen LogP contribution in [0.5, 0.6) is 11.5 Å². The lowest BCUT2D eigenvalue weighted by Crippen LogP contribution is -2.69. The molecule has 6 aliphatic carbocycles. The Morgan fingerprint density at radius 2 is 0.745 bits per heavy atom. The highest BCUT2D eigenvalue weighted by Crippen LogP contribution is 2.71. The molecule has 9 aliphatic rings. The minimum absolute atomic E-state index is 0.141. The minimum atomic E-state index is -2.79. The molecule has 496 valence electrons. The average Bonchev–Trinajstić information content (AvgIpc) is 1.21. The Balaban J connectivity index is 1.50. The van der Waals surface area contributed by atoms with E-state index in [9.17, 15) is 19.2 Å². The summed E-state index contributed by atoms with van der Waals surface area (Å²) >= 11 is 0. The van der Waals surface area contributed by atoms with Crippen LogP contribution in [0.15, 0.2) is 69.9 Å². The molecule has 3 aliphatic heterocycles. The Hall–Kier alpha value is -9.62. The van der Waals surface area contributed by atoms with Crippen LogP contribution < -0.4 is 9.47 Å². The molecule has 26 heteroatoms. The van der Waals surface area contributed by atoms with E-state index in [0.29, 0.717) is 22.3 Å². The molecule has 5 heterocycles. The molecular weight excluding hydrogens is 1220 g/mol. The highest BCUT2D eigenvalue weighted by atomic mass is 16.6. The molecule has 26 nitrogen and oxygen atoms in total. The Kier molecular flexibility index (Phi) is 15.0. The molecule has 0 saturated carbocycles. The normalized spacial score (nSPS) is 25.5. The average molecular weight is 1300 g/mol. The highest BCUT2D eigenvalue weighted by molar-refractivity contribution is 6.18. The second-order valence-corrected chi connectivity index (χ2v) is 28.7. The molecule has 94 heavy (non-hydrogen) atoms. The van der Waals surface area contributed by atoms with E-state index < -0.39 is 185 Å². The monoisotopic (exact) mass is 1290 g/mol. The molecule has 3 unspecified atom stereocenters. The summed E-state index contributed by atoms with van der Waals surface area (Å²) < 4.78 is 61.5. The maximum atomic E-state index is 18.1. The molecule has 0 amide bonds. The third-order valence-electron chi connectivity index (χ3n) is 19.5. The van der Waals surface area contributed by atoms with Gasteiger partial charge in [0.25, 0.3) is 0 Å². The van der Waals surface area contributed by atoms with Gasteiger partial charge in [-0.15, -0.1) is 10.2 Å². The predicted molar refractivity (Wildman–Crippen MR) is 325 cm³/mol. The molecule has 4 spiro atoms. The van der Waals surface area contributed by atoms with E-state index >= 15 is 28.8 Å². The lowest BCUT2D eigenvalue weighted by Gasteiger charge is -2.58. The van der Waals surface area contributed by atoms with Crippen LogP contribution >= 0.6 is 0 Å². The fraction of sp³-hybridized carbons (Fsp3) is 0.500. The predicted octanol–water partition coefficient (Wildman–Crippen LogP) is 6.48. The highest BCUT2D eigenvalue weighted by Gasteiger charge is 2.78. The lowest BCUT2D eigenvalue weighted by atomic mass is 9.46. The number of aromatic nitrogens is 6. The summed E-state index contributed by atoms with van der Waals surface area (Å²) in [5.74, 6) is -15.2. The molecule has 13 rings (SSSR count). The summed E-state index contributed by atoms with van der Waals surface area (Å²) in [5.41, 5.74) is -18.1. The smallest absolute Gasteiger partial charge is 0.361 e. The second kappa shape index (κ2) is 21.5. The number of ketones is 2. The molecule has 0 saturated heterocycles. The van der Waals surface area contributed by atoms with Crippen molar-refractivity contribution in [3.63, 3.8) is 0 Å². The van der Waals surface area contributed by atoms with Gasteiger partial charge in [-0.1, -0.05) is 129 Å². The van der Waals surface area contributed by atoms with Gasteiger partial charge in [0.15, 0.2) is 34.2 Å². The molecule has 0 radical (unpaired) electrons. The van der Waals surface area contributed by atoms with Gasteiger partial charge in [-0.2, -0.15) is 0 Å². The van der Waals surface area contributed by atoms with Crippen LogP contribution in [0, 0.1) is 33.5 Å². The van der Waals surface area contributed by atoms with E-state index in [1.54, 1.807) is 24.3 Å². The first-order valence-electron chi connectivity index (χ1n) is 30.2. The number of carbonyl (C=O) groups is 10. The zero-order chi connectivity index (χ0) is 69.2. The maximum Gasteiger partial charge on any atom is 0.361 e. The lowest BCUT2D eigenvalue weighted by molar-refractivity contribution is -0.157. The van der Waals surface area contributed by atoms with Crippen molar-refractivity contribution < 1.29 is 95.3 Å². The number of hydrogen-bond donors (Lipinski definition) is 0. The van der Waals surface area contributed by atoms with Crippen molar-refractivity contribution in [3.05, 3.63) is 126 Å². The number of carbonyl (C=O) groups excluding carboxylic acids is 10. The van der Waals surface area contributed by atoms with Gasteiger partial charge >= 0.3 is 47.8 Å². The third kappa shape index (κ3) is 8.70. The van der Waals surface area contributed by atoms with Gasteiger partial charge in [-0.25, -0.2) is 47.7 Å². The second-order valence-electron chi connectivity index (χ2n) is 28.7. The number of ether oxygens (including phenoxy) is 10. The van der Waals surface area contributed by atoms with Crippen molar-refractivity contribution in [3.8, 4) is 11.5 Å². The van der Waals surface area contributed by atoms with Crippen LogP contribution in [-0.2, 0) is 90.3 Å². The van der Waals surface area contributed by atoms with Gasteiger partial charge in [-0.05, 0) is 56.0 Å². The number of benzene rings is 2. The molecular formula is C68H74N6O20. The number of hydrogen-bond acceptors (Lipinski definition) is 24. The van der Waals surface area contributed by atoms with Gasteiger partial charge in [0.2, 0.25) is 11.4 Å². The Morgan fingerprint density at radius 3 is 1.02 bits per heavy atom. The van der Waals surface area contributed by atoms with Crippen LogP contribution in [0.3, 0.4) is 0 Å². The van der Waals surface area contributed by atoms with E-state index in [0.717, 1.165) is 66.2 Å². The van der Waals surface area contributed by atoms with Crippen molar-refractivity contribution in [2.45, 2.75) is 130 Å². The number of esters is 8. The van der Waals surface area contributed by atoms with Gasteiger partial charge < -0.3 is 47.4 Å². The number of Topliss-reactive ketones (excluding diaryl/α,β-unsaturated/α-hetero) is 2. The molecule has 2 aromatic heterocycles. The summed E-state index contributed by atoms with van der Waals surface area (Å²) in [6.45, 7) is 22.0. The van der Waals surface area contributed by atoms with Gasteiger partial charge in [0, 0.05) is 24.0 Å². The first-order chi connectivity index (χ1) is 43.9. The molecule has 8 atom stereocenters. The molecule has 2 aromatic carbocycles. The summed E-state index contributed by atoms with van der Waals surface area (Å²) in [6.07, 6.45) is 2.04. The number of methoxy groups -OCH3 is 8. The summed E-state index contributed by atoms with van der Waals surface area (Å²) in [6, 6.07) is 2.55. The van der Waals surface area contributed by atoms with E-state index in [4.69, 9.17) is 47.4 Å². The number of allylic oxidation sites excluding steroid dienone is 2. The van der Waals surface area contributed by atoms with Gasteiger partial charge in [0.05, 0.1) is 91.0 Å². The van der Waals surface area contributed by atoms with Gasteiger partial charge in [0.1, 0.15) is 34.4 Å². The Morgan fingerprint density at radius 1 is 0.436 bits per heavy atom. The minimum Gasteiger partial charge on any atom is -0.477 e. The summed E-state index contributed by atoms with van der Waals surface area (Å²) in [4.78, 5) is 157. The van der Waals surface area contributed by atoms with Crippen LogP contribution in [0.1, 0.15) is 171 Å². The zero-order valence-corrected chi connectivity index (χ0v) is 56.0. The molecule has 8 bridgehead atoms. The molecule has 4 aromatic rings. The van der Waals surface area contributed by atoms with E-state index in [2.05, 4.69) is 20.6 Å². The quantitative estimate of drug-likeness (QED) is 0.0931. The molecule has 0 fully saturated rings. The third-order valence-corrected chi connectivity index (χ3v) is 19.5. The summed E-state index contributed by atoms with van der Waals surface area (Å²) in [5, 5.41) is 17.6. The van der Waals surface area contributed by atoms with Crippen LogP contribution in [0.25, 0.3) is 0 Å². The fourth-order valence-electron chi connectivity index (χ4n) is 15.5. The zero-order valence-electron chi connectivity index (χ0n) is 56.0. The van der Waals surface area contributed by atoms with Gasteiger partial charge in [-0.3, -0.25) is 9.59 Å². The Bertz CT molecular complexity index is 4010. The van der Waals surface area contributed by atoms with Crippen LogP contribution in [-0.4, -0.2) is 157 Å². The van der Waals surface area contributed by atoms with E-state index in [1.807, 2.05) is 83.1 Å². The van der Waals surface area contributed by atoms with Crippen LogP contribution in [0.4, 0.5) is 0 Å². The van der Waals surface area contributed by atoms with E-state index in [-0.39, 0.29) is 33.8 Å². The van der Waals surface area contributed by atoms with Crippen molar-refractivity contribution in [2.24, 2.45) is 33.5 Å². The van der Waals surface area contributed by atoms with Crippen molar-refractivity contribution in [1.29, 1.82) is 0 Å². The first-order valence-corrected chi connectivity index (χ1v) is 30.2. The topological polar surface area (TPSA) is 324 Å². The maximum absolute atomic E-state index is 18.1. The van der Waals surface area contributed by atoms with Crippen molar-refractivity contribution in [2.75, 3.05) is 56.9 Å². The van der Waals surface area contributed by atoms with E-state index in [1.165, 1.54) is 12.2 Å². The SMILES string of the molecule is COC(=O)C1=C(C(=O)OC)[C@@]23C=C(C(C)(C)C)[C@H]1[C@]1(Cc4cc(C(C)(C)C)cc(c4O1)C(n1nnc(C(=O)OC)c1C(=O)OC)C14C=C(C(C)(C)C)[C@H](C(C(=O)OC)=C1C(=O)OC)[C@@]1(Cc5cc(C(C)(C)C)cc(c5O1)C2n1nnc(C(=O)OC)c1C(=O)OC)C4=O)C3=O. The van der Waals surface area contributed by atoms with Crippen LogP contribution in [0.2, 0.25) is 0 Å². The summed E-state index contributed by atoms with van der Waals surface area (Å²) in [7, 11) is 8.36. The number of nitrogens with zero attached hydrogens (tertiary/aromatic N) is 6. The molecule has 0 N–H and O–H groups in total. The Labute approximate surface area is 540 Å². The van der Waals surface area contributed by atoms with Crippen molar-refractivity contribution >= 4 is 59.3 Å². The standard InChI is InChI=1S/C68H74N6O20/c1-61(2,3)31-21-29-25-67-39-36(64(10,11)12)28-66(60(67)84,42(54(78)88-16)37(39)51(75)85-13)50(74-46(58(82)92-20)44(70-72-74)56(80)90-18)34-24-32(62(4,5)6)22-30-26-68(94-48(30)34)40-35(63(7,8)9)27-65(59(68)83,41(53(77)87-15)38(40)52(76)86-14)49(33(23-31)47(29)93-67)73-45(57(81)91-19)43(69-71-73)55(79)89-17/h21-24,27-28,39-40,49-50H,25-26H2,1-20H3/t39-,40-,49?,50?,65+,66?,67+,68-/m1/s1. The first kappa shape index (κ1) is 65.9. The fourth-order valence-corrected chi connectivity index (χ4v) is 15.5. The van der Waals surface area contributed by atoms with Crippen molar-refractivity contribution in [1.82, 2.24) is 30.0 Å². The number of rotatable bonds is 10. The largest absolute Gasteiger partial charge is 0.477 e.